The molecule has 8 nitrogen and oxygen atoms in total. The van der Waals surface area contributed by atoms with E-state index in [0.29, 0.717) is 23.0 Å². The van der Waals surface area contributed by atoms with Crippen molar-refractivity contribution in [1.82, 2.24) is 20.0 Å². The second-order valence-corrected chi connectivity index (χ2v) is 6.47. The quantitative estimate of drug-likeness (QED) is 0.456. The SMILES string of the molecule is Cc1ccn(-c2ccc(Nc3ccc(NC(=O)Nc4ccc(F)cc4)cc3)nn2)n1. The van der Waals surface area contributed by atoms with Gasteiger partial charge in [-0.15, -0.1) is 10.2 Å². The first-order valence-electron chi connectivity index (χ1n) is 9.12. The standard InChI is InChI=1S/C21H18FN7O/c1-14-12-13-29(28-14)20-11-10-19(26-27-20)23-16-6-8-18(9-7-16)25-21(30)24-17-4-2-15(22)3-5-17/h2-13H,1H3,(H,23,26)(H2,24,25,30). The van der Waals surface area contributed by atoms with Crippen LogP contribution in [0.25, 0.3) is 5.82 Å². The number of halogens is 1. The van der Waals surface area contributed by atoms with Crippen molar-refractivity contribution in [3.8, 4) is 5.82 Å². The molecule has 0 unspecified atom stereocenters. The summed E-state index contributed by atoms with van der Waals surface area (Å²) in [5.74, 6) is 0.845. The number of urea groups is 1. The average molecular weight is 403 g/mol. The molecule has 0 aliphatic rings. The zero-order valence-corrected chi connectivity index (χ0v) is 16.0. The van der Waals surface area contributed by atoms with Crippen molar-refractivity contribution in [2.75, 3.05) is 16.0 Å². The third kappa shape index (κ3) is 4.76. The van der Waals surface area contributed by atoms with E-state index in [1.54, 1.807) is 28.9 Å². The van der Waals surface area contributed by atoms with Gasteiger partial charge >= 0.3 is 6.03 Å². The number of carbonyl (C=O) groups excluding carboxylic acids is 1. The number of carbonyl (C=O) groups is 1. The minimum absolute atomic E-state index is 0.361. The number of nitrogens with zero attached hydrogens (tertiary/aromatic N) is 4. The summed E-state index contributed by atoms with van der Waals surface area (Å²) >= 11 is 0. The van der Waals surface area contributed by atoms with Crippen molar-refractivity contribution >= 4 is 28.9 Å². The number of nitrogens with one attached hydrogen (secondary N) is 3. The van der Waals surface area contributed by atoms with Gasteiger partial charge < -0.3 is 16.0 Å². The van der Waals surface area contributed by atoms with E-state index in [0.717, 1.165) is 11.4 Å². The summed E-state index contributed by atoms with van der Waals surface area (Å²) in [5.41, 5.74) is 2.80. The number of anilines is 4. The molecule has 0 aliphatic heterocycles. The molecule has 2 aromatic carbocycles. The Morgan fingerprint density at radius 1 is 0.833 bits per heavy atom. The summed E-state index contributed by atoms with van der Waals surface area (Å²) in [6.07, 6.45) is 1.82. The van der Waals surface area contributed by atoms with E-state index in [1.165, 1.54) is 24.3 Å². The largest absolute Gasteiger partial charge is 0.339 e. The van der Waals surface area contributed by atoms with Crippen LogP contribution in [0.1, 0.15) is 5.69 Å². The summed E-state index contributed by atoms with van der Waals surface area (Å²) in [5, 5.41) is 21.1. The lowest BCUT2D eigenvalue weighted by atomic mass is 10.2. The van der Waals surface area contributed by atoms with Gasteiger partial charge in [0.25, 0.3) is 0 Å². The maximum Gasteiger partial charge on any atom is 0.323 e. The minimum Gasteiger partial charge on any atom is -0.339 e. The molecule has 4 aromatic rings. The Balaban J connectivity index is 1.34. The highest BCUT2D eigenvalue weighted by Gasteiger charge is 2.05. The van der Waals surface area contributed by atoms with Gasteiger partial charge in [-0.25, -0.2) is 13.9 Å². The number of amides is 2. The second-order valence-electron chi connectivity index (χ2n) is 6.47. The fraction of sp³-hybridized carbons (Fsp3) is 0.0476. The highest BCUT2D eigenvalue weighted by molar-refractivity contribution is 5.99. The lowest BCUT2D eigenvalue weighted by Crippen LogP contribution is -2.19. The Bertz CT molecular complexity index is 1140. The van der Waals surface area contributed by atoms with Crippen LogP contribution in [0.3, 0.4) is 0 Å². The van der Waals surface area contributed by atoms with Crippen LogP contribution in [0.4, 0.5) is 32.1 Å². The molecule has 0 spiro atoms. The number of hydrogen-bond donors (Lipinski definition) is 3. The van der Waals surface area contributed by atoms with Gasteiger partial charge in [-0.05, 0) is 73.7 Å². The van der Waals surface area contributed by atoms with Crippen molar-refractivity contribution in [1.29, 1.82) is 0 Å². The molecule has 4 rings (SSSR count). The molecule has 3 N–H and O–H groups in total. The zero-order chi connectivity index (χ0) is 20.9. The second kappa shape index (κ2) is 8.39. The zero-order valence-electron chi connectivity index (χ0n) is 16.0. The molecule has 9 heteroatoms. The molecule has 0 saturated carbocycles. The van der Waals surface area contributed by atoms with Gasteiger partial charge in [0.05, 0.1) is 5.69 Å². The summed E-state index contributed by atoms with van der Waals surface area (Å²) in [6, 6.07) is 17.7. The fourth-order valence-corrected chi connectivity index (χ4v) is 2.67. The van der Waals surface area contributed by atoms with Gasteiger partial charge in [-0.3, -0.25) is 0 Å². The molecular weight excluding hydrogens is 385 g/mol. The molecule has 0 radical (unpaired) electrons. The minimum atomic E-state index is -0.419. The molecule has 150 valence electrons. The van der Waals surface area contributed by atoms with E-state index >= 15 is 0 Å². The molecule has 0 aliphatic carbocycles. The third-order valence-electron chi connectivity index (χ3n) is 4.12. The Morgan fingerprint density at radius 2 is 1.47 bits per heavy atom. The van der Waals surface area contributed by atoms with Crippen LogP contribution >= 0.6 is 0 Å². The van der Waals surface area contributed by atoms with Crippen LogP contribution < -0.4 is 16.0 Å². The lowest BCUT2D eigenvalue weighted by Gasteiger charge is -2.09. The topological polar surface area (TPSA) is 96.8 Å². The van der Waals surface area contributed by atoms with Crippen LogP contribution in [-0.4, -0.2) is 26.0 Å². The first-order chi connectivity index (χ1) is 14.5. The van der Waals surface area contributed by atoms with E-state index in [2.05, 4.69) is 31.2 Å². The molecule has 0 atom stereocenters. The van der Waals surface area contributed by atoms with Crippen molar-refractivity contribution in [3.05, 3.63) is 84.4 Å². The lowest BCUT2D eigenvalue weighted by molar-refractivity contribution is 0.262. The van der Waals surface area contributed by atoms with Crippen LogP contribution in [0, 0.1) is 12.7 Å². The average Bonchev–Trinajstić information content (AvgIpc) is 3.18. The van der Waals surface area contributed by atoms with Gasteiger partial charge in [0.2, 0.25) is 0 Å². The molecule has 0 saturated heterocycles. The molecule has 0 fully saturated rings. The van der Waals surface area contributed by atoms with E-state index in [-0.39, 0.29) is 5.82 Å². The van der Waals surface area contributed by atoms with E-state index < -0.39 is 6.03 Å². The Hall–Kier alpha value is -4.27. The van der Waals surface area contributed by atoms with Gasteiger partial charge in [-0.1, -0.05) is 0 Å². The van der Waals surface area contributed by atoms with Gasteiger partial charge in [-0.2, -0.15) is 5.10 Å². The number of hydrogen-bond acceptors (Lipinski definition) is 5. The molecule has 2 amide bonds. The molecular formula is C21H18FN7O. The monoisotopic (exact) mass is 403 g/mol. The Kier molecular flexibility index (Phi) is 5.33. The fourth-order valence-electron chi connectivity index (χ4n) is 2.67. The van der Waals surface area contributed by atoms with E-state index in [9.17, 15) is 9.18 Å². The summed E-state index contributed by atoms with van der Waals surface area (Å²) in [6.45, 7) is 1.91. The van der Waals surface area contributed by atoms with Crippen LogP contribution in [0.2, 0.25) is 0 Å². The smallest absolute Gasteiger partial charge is 0.323 e. The molecule has 2 aromatic heterocycles. The highest BCUT2D eigenvalue weighted by atomic mass is 19.1. The summed E-state index contributed by atoms with van der Waals surface area (Å²) in [7, 11) is 0. The van der Waals surface area contributed by atoms with Crippen molar-refractivity contribution in [2.45, 2.75) is 6.92 Å². The Morgan fingerprint density at radius 3 is 2.03 bits per heavy atom. The normalized spacial score (nSPS) is 10.5. The maximum atomic E-state index is 12.9. The first kappa shape index (κ1) is 19.1. The van der Waals surface area contributed by atoms with Crippen molar-refractivity contribution < 1.29 is 9.18 Å². The first-order valence-corrected chi connectivity index (χ1v) is 9.12. The summed E-state index contributed by atoms with van der Waals surface area (Å²) < 4.78 is 14.6. The highest BCUT2D eigenvalue weighted by Crippen LogP contribution is 2.18. The molecule has 2 heterocycles. The predicted molar refractivity (Wildman–Crippen MR) is 113 cm³/mol. The van der Waals surface area contributed by atoms with Gasteiger partial charge in [0.15, 0.2) is 11.6 Å². The van der Waals surface area contributed by atoms with Crippen LogP contribution in [0.5, 0.6) is 0 Å². The molecule has 0 bridgehead atoms. The molecule has 30 heavy (non-hydrogen) atoms. The van der Waals surface area contributed by atoms with Crippen molar-refractivity contribution in [2.24, 2.45) is 0 Å². The maximum absolute atomic E-state index is 12.9. The number of aryl methyl sites for hydroxylation is 1. The summed E-state index contributed by atoms with van der Waals surface area (Å²) in [4.78, 5) is 12.0. The third-order valence-corrected chi connectivity index (χ3v) is 4.12. The van der Waals surface area contributed by atoms with Crippen LogP contribution in [0.15, 0.2) is 72.9 Å². The van der Waals surface area contributed by atoms with E-state index in [1.807, 2.05) is 31.3 Å². The van der Waals surface area contributed by atoms with E-state index in [4.69, 9.17) is 0 Å². The number of rotatable bonds is 5. The van der Waals surface area contributed by atoms with Crippen LogP contribution in [-0.2, 0) is 0 Å². The Labute approximate surface area is 171 Å². The van der Waals surface area contributed by atoms with Crippen molar-refractivity contribution in [3.63, 3.8) is 0 Å². The predicted octanol–water partition coefficient (Wildman–Crippen LogP) is 4.50. The number of aromatic nitrogens is 4. The van der Waals surface area contributed by atoms with Gasteiger partial charge in [0, 0.05) is 23.3 Å². The van der Waals surface area contributed by atoms with Gasteiger partial charge in [0.1, 0.15) is 5.82 Å². The number of benzene rings is 2.